The average Bonchev–Trinajstić information content (AvgIpc) is 2.56. The predicted octanol–water partition coefficient (Wildman–Crippen LogP) is 0.143. The molecule has 0 aromatic rings. The zero-order valence-electron chi connectivity index (χ0n) is 15.2. The topological polar surface area (TPSA) is 182 Å². The van der Waals surface area contributed by atoms with E-state index in [2.05, 4.69) is 16.0 Å². The van der Waals surface area contributed by atoms with E-state index in [-0.39, 0.29) is 18.7 Å². The van der Waals surface area contributed by atoms with Crippen molar-refractivity contribution in [1.82, 2.24) is 16.0 Å². The Morgan fingerprint density at radius 2 is 1.37 bits per heavy atom. The summed E-state index contributed by atoms with van der Waals surface area (Å²) < 4.78 is 0. The number of rotatable bonds is 14. The van der Waals surface area contributed by atoms with Crippen LogP contribution in [0.4, 0.5) is 4.79 Å². The largest absolute Gasteiger partial charge is 0.481 e. The third kappa shape index (κ3) is 12.2. The molecular formula is C16H27N3O8. The maximum Gasteiger partial charge on any atom is 0.326 e. The molecule has 154 valence electrons. The van der Waals surface area contributed by atoms with Gasteiger partial charge in [-0.05, 0) is 32.1 Å². The van der Waals surface area contributed by atoms with E-state index in [9.17, 15) is 24.0 Å². The first-order valence-corrected chi connectivity index (χ1v) is 8.68. The summed E-state index contributed by atoms with van der Waals surface area (Å²) in [5.74, 6) is -3.98. The normalized spacial score (nSPS) is 12.5. The van der Waals surface area contributed by atoms with Crippen LogP contribution in [-0.4, -0.2) is 63.8 Å². The van der Waals surface area contributed by atoms with Crippen molar-refractivity contribution >= 4 is 29.8 Å². The second-order valence-electron chi connectivity index (χ2n) is 5.93. The van der Waals surface area contributed by atoms with Crippen LogP contribution in [0.5, 0.6) is 0 Å². The Morgan fingerprint density at radius 3 is 1.85 bits per heavy atom. The van der Waals surface area contributed by atoms with Gasteiger partial charge in [-0.25, -0.2) is 14.4 Å². The SMILES string of the molecule is CCCC(=O)NCCCC[C@H](NC(=O)N[C@@H](CCC(=O)O)C(=O)O)C(=O)O. The van der Waals surface area contributed by atoms with Gasteiger partial charge in [0, 0.05) is 19.4 Å². The van der Waals surface area contributed by atoms with Crippen molar-refractivity contribution in [3.05, 3.63) is 0 Å². The molecule has 0 fully saturated rings. The third-order valence-electron chi connectivity index (χ3n) is 3.57. The number of carbonyl (C=O) groups excluding carboxylic acids is 2. The number of carboxylic acid groups (broad SMARTS) is 3. The Hall–Kier alpha value is -2.85. The lowest BCUT2D eigenvalue weighted by Crippen LogP contribution is -2.51. The molecule has 0 aromatic carbocycles. The molecule has 11 heteroatoms. The van der Waals surface area contributed by atoms with Crippen molar-refractivity contribution in [1.29, 1.82) is 0 Å². The van der Waals surface area contributed by atoms with Crippen LogP contribution in [0.25, 0.3) is 0 Å². The first kappa shape index (κ1) is 24.1. The molecule has 0 aliphatic heterocycles. The van der Waals surface area contributed by atoms with Crippen LogP contribution >= 0.6 is 0 Å². The van der Waals surface area contributed by atoms with Crippen LogP contribution in [0.1, 0.15) is 51.9 Å². The lowest BCUT2D eigenvalue weighted by Gasteiger charge is -2.18. The lowest BCUT2D eigenvalue weighted by atomic mass is 10.1. The van der Waals surface area contributed by atoms with Crippen LogP contribution in [-0.2, 0) is 19.2 Å². The zero-order valence-corrected chi connectivity index (χ0v) is 15.2. The highest BCUT2D eigenvalue weighted by Crippen LogP contribution is 2.03. The molecule has 27 heavy (non-hydrogen) atoms. The minimum absolute atomic E-state index is 0.0779. The number of urea groups is 1. The molecule has 0 bridgehead atoms. The fourth-order valence-corrected chi connectivity index (χ4v) is 2.16. The smallest absolute Gasteiger partial charge is 0.326 e. The molecule has 0 saturated carbocycles. The van der Waals surface area contributed by atoms with E-state index in [0.717, 1.165) is 6.42 Å². The Bertz CT molecular complexity index is 538. The van der Waals surface area contributed by atoms with Gasteiger partial charge in [-0.1, -0.05) is 6.92 Å². The molecule has 0 aromatic heterocycles. The molecular weight excluding hydrogens is 362 g/mol. The summed E-state index contributed by atoms with van der Waals surface area (Å²) in [6.07, 6.45) is 1.42. The van der Waals surface area contributed by atoms with Crippen LogP contribution in [0.3, 0.4) is 0 Å². The van der Waals surface area contributed by atoms with Gasteiger partial charge in [-0.15, -0.1) is 0 Å². The highest BCUT2D eigenvalue weighted by atomic mass is 16.4. The van der Waals surface area contributed by atoms with Gasteiger partial charge in [0.25, 0.3) is 0 Å². The van der Waals surface area contributed by atoms with Gasteiger partial charge in [0.15, 0.2) is 0 Å². The fourth-order valence-electron chi connectivity index (χ4n) is 2.16. The molecule has 6 N–H and O–H groups in total. The van der Waals surface area contributed by atoms with Crippen molar-refractivity contribution < 1.29 is 39.3 Å². The Kier molecular flexibility index (Phi) is 12.0. The first-order valence-electron chi connectivity index (χ1n) is 8.68. The average molecular weight is 389 g/mol. The molecule has 0 aliphatic rings. The number of hydrogen-bond acceptors (Lipinski definition) is 5. The highest BCUT2D eigenvalue weighted by molar-refractivity contribution is 5.86. The number of nitrogens with one attached hydrogen (secondary N) is 3. The molecule has 0 saturated heterocycles. The summed E-state index contributed by atoms with van der Waals surface area (Å²) in [5.41, 5.74) is 0. The molecule has 2 atom stereocenters. The minimum Gasteiger partial charge on any atom is -0.481 e. The van der Waals surface area contributed by atoms with Crippen molar-refractivity contribution in [2.24, 2.45) is 0 Å². The van der Waals surface area contributed by atoms with Crippen molar-refractivity contribution in [3.8, 4) is 0 Å². The zero-order chi connectivity index (χ0) is 20.8. The van der Waals surface area contributed by atoms with E-state index in [0.29, 0.717) is 25.8 Å². The lowest BCUT2D eigenvalue weighted by molar-refractivity contribution is -0.140. The van der Waals surface area contributed by atoms with Crippen LogP contribution in [0.15, 0.2) is 0 Å². The second kappa shape index (κ2) is 13.4. The standard InChI is InChI=1S/C16H27N3O8/c1-2-5-12(20)17-9-4-3-6-10(14(23)24)18-16(27)19-11(15(25)26)7-8-13(21)22/h10-11H,2-9H2,1H3,(H,17,20)(H,21,22)(H,23,24)(H,25,26)(H2,18,19,27)/t10-,11-/m0/s1. The second-order valence-corrected chi connectivity index (χ2v) is 5.93. The number of carboxylic acids is 3. The summed E-state index contributed by atoms with van der Waals surface area (Å²) in [7, 11) is 0. The van der Waals surface area contributed by atoms with E-state index >= 15 is 0 Å². The number of hydrogen-bond donors (Lipinski definition) is 6. The van der Waals surface area contributed by atoms with E-state index in [1.54, 1.807) is 0 Å². The molecule has 0 rings (SSSR count). The summed E-state index contributed by atoms with van der Waals surface area (Å²) in [6, 6.07) is -3.67. The highest BCUT2D eigenvalue weighted by Gasteiger charge is 2.24. The van der Waals surface area contributed by atoms with Gasteiger partial charge in [0.1, 0.15) is 12.1 Å². The summed E-state index contributed by atoms with van der Waals surface area (Å²) in [6.45, 7) is 2.28. The van der Waals surface area contributed by atoms with Crippen LogP contribution in [0.2, 0.25) is 0 Å². The first-order chi connectivity index (χ1) is 12.7. The van der Waals surface area contributed by atoms with E-state index in [1.807, 2.05) is 6.92 Å². The van der Waals surface area contributed by atoms with Crippen molar-refractivity contribution in [3.63, 3.8) is 0 Å². The summed E-state index contributed by atoms with van der Waals surface area (Å²) in [5, 5.41) is 33.6. The molecule has 0 spiro atoms. The van der Waals surface area contributed by atoms with Gasteiger partial charge in [-0.3, -0.25) is 9.59 Å². The maximum absolute atomic E-state index is 11.8. The number of aliphatic carboxylic acids is 3. The van der Waals surface area contributed by atoms with Gasteiger partial charge in [0.2, 0.25) is 5.91 Å². The molecule has 0 unspecified atom stereocenters. The maximum atomic E-state index is 11.8. The van der Waals surface area contributed by atoms with E-state index in [4.69, 9.17) is 15.3 Å². The van der Waals surface area contributed by atoms with Crippen LogP contribution < -0.4 is 16.0 Å². The third-order valence-corrected chi connectivity index (χ3v) is 3.57. The van der Waals surface area contributed by atoms with E-state index < -0.39 is 42.4 Å². The molecule has 3 amide bonds. The van der Waals surface area contributed by atoms with Gasteiger partial charge < -0.3 is 31.3 Å². The molecule has 0 heterocycles. The van der Waals surface area contributed by atoms with Crippen LogP contribution in [0, 0.1) is 0 Å². The Morgan fingerprint density at radius 1 is 0.815 bits per heavy atom. The number of carbonyl (C=O) groups is 5. The van der Waals surface area contributed by atoms with Crippen molar-refractivity contribution in [2.75, 3.05) is 6.54 Å². The quantitative estimate of drug-likeness (QED) is 0.227. The molecule has 11 nitrogen and oxygen atoms in total. The van der Waals surface area contributed by atoms with E-state index in [1.165, 1.54) is 0 Å². The Labute approximate surface area is 156 Å². The summed E-state index contributed by atoms with van der Waals surface area (Å²) >= 11 is 0. The fraction of sp³-hybridized carbons (Fsp3) is 0.688. The van der Waals surface area contributed by atoms with Gasteiger partial charge >= 0.3 is 23.9 Å². The van der Waals surface area contributed by atoms with Crippen molar-refractivity contribution in [2.45, 2.75) is 64.0 Å². The molecule has 0 radical (unpaired) electrons. The Balaban J connectivity index is 4.36. The number of amides is 3. The summed E-state index contributed by atoms with van der Waals surface area (Å²) in [4.78, 5) is 55.9. The van der Waals surface area contributed by atoms with Gasteiger partial charge in [0.05, 0.1) is 0 Å². The molecule has 0 aliphatic carbocycles. The monoisotopic (exact) mass is 389 g/mol. The van der Waals surface area contributed by atoms with Gasteiger partial charge in [-0.2, -0.15) is 0 Å². The number of unbranched alkanes of at least 4 members (excludes halogenated alkanes) is 1. The predicted molar refractivity (Wildman–Crippen MR) is 93.2 cm³/mol. The minimum atomic E-state index is -1.44.